The van der Waals surface area contributed by atoms with E-state index in [0.717, 1.165) is 24.2 Å². The van der Waals surface area contributed by atoms with Gasteiger partial charge >= 0.3 is 0 Å². The van der Waals surface area contributed by atoms with Crippen LogP contribution < -0.4 is 10.1 Å². The van der Waals surface area contributed by atoms with Crippen LogP contribution in [0.3, 0.4) is 0 Å². The number of hydrogen-bond donors (Lipinski definition) is 1. The number of carbonyl (C=O) groups excluding carboxylic acids is 1. The van der Waals surface area contributed by atoms with Gasteiger partial charge in [-0.15, -0.1) is 0 Å². The fourth-order valence-electron chi connectivity index (χ4n) is 2.69. The Morgan fingerprint density at radius 1 is 1.41 bits per heavy atom. The Morgan fingerprint density at radius 3 is 2.91 bits per heavy atom. The Hall–Kier alpha value is -1.56. The Labute approximate surface area is 132 Å². The zero-order chi connectivity index (χ0) is 16.0. The predicted octanol–water partition coefficient (Wildman–Crippen LogP) is 1.57. The number of hydrogen-bond acceptors (Lipinski definition) is 4. The van der Waals surface area contributed by atoms with Crippen molar-refractivity contribution in [1.82, 2.24) is 5.32 Å². The standard InChI is InChI=1S/C16H23NO4S/c1-21-15-4-2-3-13(11-15)5-6-16(18)17-9-7-14-8-10-22(19,20)12-14/h2-4,11,14H,5-10,12H2,1H3,(H,17,18). The van der Waals surface area contributed by atoms with Crippen molar-refractivity contribution in [3.63, 3.8) is 0 Å². The molecule has 6 heteroatoms. The molecule has 0 spiro atoms. The van der Waals surface area contributed by atoms with E-state index in [-0.39, 0.29) is 17.6 Å². The third-order valence-corrected chi connectivity index (χ3v) is 5.81. The van der Waals surface area contributed by atoms with E-state index < -0.39 is 9.84 Å². The largest absolute Gasteiger partial charge is 0.497 e. The first-order valence-electron chi connectivity index (χ1n) is 7.58. The molecule has 1 N–H and O–H groups in total. The van der Waals surface area contributed by atoms with Crippen molar-refractivity contribution in [3.05, 3.63) is 29.8 Å². The van der Waals surface area contributed by atoms with Crippen LogP contribution in [0.2, 0.25) is 0 Å². The molecule has 1 amide bonds. The normalized spacial score (nSPS) is 19.8. The van der Waals surface area contributed by atoms with Gasteiger partial charge in [0, 0.05) is 13.0 Å². The van der Waals surface area contributed by atoms with Crippen LogP contribution in [0.1, 0.15) is 24.8 Å². The maximum atomic E-state index is 11.8. The molecule has 5 nitrogen and oxygen atoms in total. The minimum atomic E-state index is -2.82. The molecule has 122 valence electrons. The van der Waals surface area contributed by atoms with Gasteiger partial charge in [0.1, 0.15) is 5.75 Å². The maximum absolute atomic E-state index is 11.8. The lowest BCUT2D eigenvalue weighted by atomic mass is 10.1. The van der Waals surface area contributed by atoms with Gasteiger partial charge in [0.15, 0.2) is 9.84 Å². The van der Waals surface area contributed by atoms with Gasteiger partial charge in [0.2, 0.25) is 5.91 Å². The van der Waals surface area contributed by atoms with Crippen LogP contribution in [0, 0.1) is 5.92 Å². The average molecular weight is 325 g/mol. The summed E-state index contributed by atoms with van der Waals surface area (Å²) in [5.74, 6) is 1.56. The molecule has 1 unspecified atom stereocenters. The summed E-state index contributed by atoms with van der Waals surface area (Å²) in [7, 11) is -1.20. The minimum Gasteiger partial charge on any atom is -0.497 e. The van der Waals surface area contributed by atoms with Crippen LogP contribution in [0.5, 0.6) is 5.75 Å². The number of benzene rings is 1. The van der Waals surface area contributed by atoms with Gasteiger partial charge in [-0.25, -0.2) is 8.42 Å². The van der Waals surface area contributed by atoms with E-state index in [1.165, 1.54) is 0 Å². The quantitative estimate of drug-likeness (QED) is 0.826. The lowest BCUT2D eigenvalue weighted by Gasteiger charge is -2.09. The number of aryl methyl sites for hydroxylation is 1. The highest BCUT2D eigenvalue weighted by Crippen LogP contribution is 2.20. The van der Waals surface area contributed by atoms with Crippen LogP contribution >= 0.6 is 0 Å². The molecule has 1 aliphatic rings. The smallest absolute Gasteiger partial charge is 0.220 e. The summed E-state index contributed by atoms with van der Waals surface area (Å²) in [5, 5.41) is 2.87. The Morgan fingerprint density at radius 2 is 2.23 bits per heavy atom. The predicted molar refractivity (Wildman–Crippen MR) is 85.7 cm³/mol. The highest BCUT2D eigenvalue weighted by atomic mass is 32.2. The molecular weight excluding hydrogens is 302 g/mol. The third-order valence-electron chi connectivity index (χ3n) is 3.98. The van der Waals surface area contributed by atoms with Gasteiger partial charge in [-0.2, -0.15) is 0 Å². The number of carbonyl (C=O) groups is 1. The summed E-state index contributed by atoms with van der Waals surface area (Å²) in [6, 6.07) is 7.68. The van der Waals surface area contributed by atoms with Crippen molar-refractivity contribution < 1.29 is 17.9 Å². The molecule has 1 heterocycles. The van der Waals surface area contributed by atoms with Gasteiger partial charge in [-0.05, 0) is 42.9 Å². The van der Waals surface area contributed by atoms with Crippen molar-refractivity contribution in [1.29, 1.82) is 0 Å². The topological polar surface area (TPSA) is 72.5 Å². The van der Waals surface area contributed by atoms with E-state index >= 15 is 0 Å². The van der Waals surface area contributed by atoms with Crippen molar-refractivity contribution in [2.24, 2.45) is 5.92 Å². The Bertz CT molecular complexity index is 612. The average Bonchev–Trinajstić information content (AvgIpc) is 2.84. The van der Waals surface area contributed by atoms with E-state index in [0.29, 0.717) is 25.1 Å². The number of methoxy groups -OCH3 is 1. The first kappa shape index (κ1) is 16.8. The molecule has 1 aliphatic heterocycles. The van der Waals surface area contributed by atoms with Crippen molar-refractivity contribution in [2.75, 3.05) is 25.2 Å². The van der Waals surface area contributed by atoms with Gasteiger partial charge < -0.3 is 10.1 Å². The lowest BCUT2D eigenvalue weighted by molar-refractivity contribution is -0.121. The molecule has 0 aliphatic carbocycles. The molecule has 0 radical (unpaired) electrons. The van der Waals surface area contributed by atoms with E-state index in [1.54, 1.807) is 7.11 Å². The molecule has 1 fully saturated rings. The van der Waals surface area contributed by atoms with E-state index in [9.17, 15) is 13.2 Å². The molecule has 22 heavy (non-hydrogen) atoms. The van der Waals surface area contributed by atoms with Crippen LogP contribution in [-0.2, 0) is 21.1 Å². The fourth-order valence-corrected chi connectivity index (χ4v) is 4.60. The highest BCUT2D eigenvalue weighted by Gasteiger charge is 2.27. The summed E-state index contributed by atoms with van der Waals surface area (Å²) < 4.78 is 27.9. The number of ether oxygens (including phenoxy) is 1. The van der Waals surface area contributed by atoms with Crippen LogP contribution in [-0.4, -0.2) is 39.5 Å². The van der Waals surface area contributed by atoms with Gasteiger partial charge in [-0.1, -0.05) is 12.1 Å². The second-order valence-electron chi connectivity index (χ2n) is 5.76. The van der Waals surface area contributed by atoms with Crippen LogP contribution in [0.15, 0.2) is 24.3 Å². The van der Waals surface area contributed by atoms with Gasteiger partial charge in [-0.3, -0.25) is 4.79 Å². The molecule has 1 atom stereocenters. The molecule has 0 saturated carbocycles. The monoisotopic (exact) mass is 325 g/mol. The Balaban J connectivity index is 1.66. The summed E-state index contributed by atoms with van der Waals surface area (Å²) in [6.07, 6.45) is 2.56. The minimum absolute atomic E-state index is 0.00340. The number of rotatable bonds is 7. The Kier molecular flexibility index (Phi) is 5.83. The first-order chi connectivity index (χ1) is 10.5. The molecule has 0 aromatic heterocycles. The summed E-state index contributed by atoms with van der Waals surface area (Å²) >= 11 is 0. The van der Waals surface area contributed by atoms with Crippen molar-refractivity contribution in [2.45, 2.75) is 25.7 Å². The van der Waals surface area contributed by atoms with Gasteiger partial charge in [0.25, 0.3) is 0 Å². The van der Waals surface area contributed by atoms with E-state index in [1.807, 2.05) is 24.3 Å². The van der Waals surface area contributed by atoms with E-state index in [4.69, 9.17) is 4.74 Å². The van der Waals surface area contributed by atoms with Crippen LogP contribution in [0.25, 0.3) is 0 Å². The third kappa shape index (κ3) is 5.33. The number of amides is 1. The molecule has 1 saturated heterocycles. The zero-order valence-corrected chi connectivity index (χ0v) is 13.7. The summed E-state index contributed by atoms with van der Waals surface area (Å²) in [6.45, 7) is 0.553. The second kappa shape index (κ2) is 7.63. The van der Waals surface area contributed by atoms with Gasteiger partial charge in [0.05, 0.1) is 18.6 Å². The van der Waals surface area contributed by atoms with E-state index in [2.05, 4.69) is 5.32 Å². The second-order valence-corrected chi connectivity index (χ2v) is 7.99. The molecule has 0 bridgehead atoms. The number of nitrogens with one attached hydrogen (secondary N) is 1. The van der Waals surface area contributed by atoms with Crippen molar-refractivity contribution >= 4 is 15.7 Å². The molecule has 1 aromatic rings. The summed E-state index contributed by atoms with van der Waals surface area (Å²) in [4.78, 5) is 11.8. The zero-order valence-electron chi connectivity index (χ0n) is 12.9. The fraction of sp³-hybridized carbons (Fsp3) is 0.562. The summed E-state index contributed by atoms with van der Waals surface area (Å²) in [5.41, 5.74) is 1.07. The van der Waals surface area contributed by atoms with Crippen LogP contribution in [0.4, 0.5) is 0 Å². The van der Waals surface area contributed by atoms with Crippen molar-refractivity contribution in [3.8, 4) is 5.75 Å². The molecule has 1 aromatic carbocycles. The SMILES string of the molecule is COc1cccc(CCC(=O)NCCC2CCS(=O)(=O)C2)c1. The lowest BCUT2D eigenvalue weighted by Crippen LogP contribution is -2.26. The highest BCUT2D eigenvalue weighted by molar-refractivity contribution is 7.91. The molecular formula is C16H23NO4S. The molecule has 2 rings (SSSR count). The first-order valence-corrected chi connectivity index (χ1v) is 9.41. The maximum Gasteiger partial charge on any atom is 0.220 e. The number of sulfone groups is 1.